The second-order valence-corrected chi connectivity index (χ2v) is 13.3. The fourth-order valence-electron chi connectivity index (χ4n) is 7.00. The average molecular weight is 578 g/mol. The summed E-state index contributed by atoms with van der Waals surface area (Å²) in [6, 6.07) is 10.1. The van der Waals surface area contributed by atoms with Crippen LogP contribution < -0.4 is 4.90 Å². The minimum Gasteiger partial charge on any atom is -0.481 e. The number of nitrogens with zero attached hydrogens (tertiary/aromatic N) is 5. The molecule has 0 spiro atoms. The van der Waals surface area contributed by atoms with Gasteiger partial charge in [-0.05, 0) is 68.9 Å². The highest BCUT2D eigenvalue weighted by molar-refractivity contribution is 5.93. The van der Waals surface area contributed by atoms with Crippen molar-refractivity contribution < 1.29 is 19.1 Å². The van der Waals surface area contributed by atoms with Crippen LogP contribution in [0.15, 0.2) is 30.3 Å². The molecule has 0 bridgehead atoms. The van der Waals surface area contributed by atoms with E-state index in [0.29, 0.717) is 29.9 Å². The summed E-state index contributed by atoms with van der Waals surface area (Å²) >= 11 is 0. The van der Waals surface area contributed by atoms with Crippen molar-refractivity contribution in [2.45, 2.75) is 91.2 Å². The first-order valence-corrected chi connectivity index (χ1v) is 15.2. The zero-order valence-electron chi connectivity index (χ0n) is 25.8. The number of hydrogen-bond acceptors (Lipinski definition) is 5. The van der Waals surface area contributed by atoms with Gasteiger partial charge in [-0.15, -0.1) is 0 Å². The Labute approximate surface area is 247 Å². The number of benzene rings is 1. The maximum absolute atomic E-state index is 15.9. The van der Waals surface area contributed by atoms with Crippen LogP contribution in [0.3, 0.4) is 0 Å². The lowest BCUT2D eigenvalue weighted by Crippen LogP contribution is -2.53. The first kappa shape index (κ1) is 30.0. The summed E-state index contributed by atoms with van der Waals surface area (Å²) in [7, 11) is 2.02. The van der Waals surface area contributed by atoms with Gasteiger partial charge >= 0.3 is 5.97 Å². The van der Waals surface area contributed by atoms with Gasteiger partial charge in [0.15, 0.2) is 11.3 Å². The number of halogens is 1. The van der Waals surface area contributed by atoms with Gasteiger partial charge < -0.3 is 14.9 Å². The molecule has 1 saturated heterocycles. The fraction of sp³-hybridized carbons (Fsp3) is 0.576. The van der Waals surface area contributed by atoms with E-state index < -0.39 is 17.6 Å². The molecular weight excluding hydrogens is 533 g/mol. The molecule has 1 aliphatic heterocycles. The van der Waals surface area contributed by atoms with Gasteiger partial charge in [-0.3, -0.25) is 9.59 Å². The largest absolute Gasteiger partial charge is 0.481 e. The summed E-state index contributed by atoms with van der Waals surface area (Å²) in [4.78, 5) is 33.7. The van der Waals surface area contributed by atoms with Crippen LogP contribution in [0.2, 0.25) is 0 Å². The van der Waals surface area contributed by atoms with Crippen molar-refractivity contribution in [1.82, 2.24) is 19.5 Å². The van der Waals surface area contributed by atoms with Crippen LogP contribution in [0.5, 0.6) is 0 Å². The molecule has 2 fully saturated rings. The van der Waals surface area contributed by atoms with Crippen molar-refractivity contribution in [3.05, 3.63) is 52.8 Å². The molecule has 1 aliphatic carbocycles. The predicted octanol–water partition coefficient (Wildman–Crippen LogP) is 6.85. The molecule has 2 aromatic heterocycles. The first-order chi connectivity index (χ1) is 19.8. The Bertz CT molecular complexity index is 1470. The van der Waals surface area contributed by atoms with Gasteiger partial charge in [0.05, 0.1) is 13.0 Å². The van der Waals surface area contributed by atoms with E-state index in [1.54, 1.807) is 17.5 Å². The van der Waals surface area contributed by atoms with Crippen LogP contribution in [-0.4, -0.2) is 62.3 Å². The second-order valence-electron chi connectivity index (χ2n) is 13.3. The maximum atomic E-state index is 15.9. The maximum Gasteiger partial charge on any atom is 0.303 e. The number of rotatable bonds is 7. The monoisotopic (exact) mass is 577 g/mol. The molecule has 3 aromatic rings. The van der Waals surface area contributed by atoms with E-state index in [4.69, 9.17) is 10.1 Å². The van der Waals surface area contributed by atoms with Crippen LogP contribution in [0, 0.1) is 25.2 Å². The second kappa shape index (κ2) is 11.3. The molecule has 3 heterocycles. The number of para-hydroxylation sites is 1. The number of fused-ring (bicyclic) bond motifs is 1. The number of alkyl halides is 1. The van der Waals surface area contributed by atoms with Gasteiger partial charge in [0.25, 0.3) is 5.91 Å². The van der Waals surface area contributed by atoms with Crippen molar-refractivity contribution in [3.63, 3.8) is 0 Å². The third-order valence-electron chi connectivity index (χ3n) is 9.75. The van der Waals surface area contributed by atoms with Crippen molar-refractivity contribution in [1.29, 1.82) is 0 Å². The average Bonchev–Trinajstić information content (AvgIpc) is 3.37. The number of carbonyl (C=O) groups is 2. The molecule has 9 heteroatoms. The molecular formula is C33H44FN5O3. The van der Waals surface area contributed by atoms with Crippen LogP contribution in [0.4, 0.5) is 15.9 Å². The molecule has 0 unspecified atom stereocenters. The third-order valence-corrected chi connectivity index (χ3v) is 9.75. The summed E-state index contributed by atoms with van der Waals surface area (Å²) < 4.78 is 17.6. The number of anilines is 2. The smallest absolute Gasteiger partial charge is 0.303 e. The number of carboxylic acid groups (broad SMARTS) is 1. The first-order valence-electron chi connectivity index (χ1n) is 15.2. The lowest BCUT2D eigenvalue weighted by molar-refractivity contribution is -0.140. The molecule has 0 radical (unpaired) electrons. The molecule has 226 valence electrons. The molecule has 1 saturated carbocycles. The van der Waals surface area contributed by atoms with Gasteiger partial charge in [0.2, 0.25) is 0 Å². The fourth-order valence-corrected chi connectivity index (χ4v) is 7.00. The summed E-state index contributed by atoms with van der Waals surface area (Å²) in [5.41, 5.74) is 3.75. The van der Waals surface area contributed by atoms with Crippen molar-refractivity contribution >= 4 is 29.0 Å². The van der Waals surface area contributed by atoms with E-state index in [1.165, 1.54) is 4.90 Å². The zero-order valence-corrected chi connectivity index (χ0v) is 25.8. The number of piperidine rings is 1. The Hall–Kier alpha value is -3.49. The standard InChI is InChI=1S/C33H44FN5O3/c1-7-33(34)20-38(16-13-24(33)17-29(40)41)31(42)26-18-27-35-25(23-11-14-32(4,5)15-12-23)19-28(39(27)36-26)37(6)30-21(2)9-8-10-22(30)3/h8-10,18-19,23-24H,7,11-17,20H2,1-6H3,(H,40,41)/t24-,33-/m0/s1. The summed E-state index contributed by atoms with van der Waals surface area (Å²) in [6.07, 6.45) is 4.60. The van der Waals surface area contributed by atoms with Crippen molar-refractivity contribution in [3.8, 4) is 0 Å². The Kier molecular flexibility index (Phi) is 8.07. The minimum absolute atomic E-state index is 0.139. The molecule has 1 aromatic carbocycles. The number of aryl methyl sites for hydroxylation is 2. The summed E-state index contributed by atoms with van der Waals surface area (Å²) in [6.45, 7) is 10.7. The Morgan fingerprint density at radius 3 is 2.40 bits per heavy atom. The van der Waals surface area contributed by atoms with E-state index in [0.717, 1.165) is 54.0 Å². The molecule has 1 N–H and O–H groups in total. The lowest BCUT2D eigenvalue weighted by Gasteiger charge is -2.42. The highest BCUT2D eigenvalue weighted by atomic mass is 19.1. The summed E-state index contributed by atoms with van der Waals surface area (Å²) in [5.74, 6) is -0.838. The number of likely N-dealkylation sites (tertiary alicyclic amines) is 1. The van der Waals surface area contributed by atoms with E-state index in [2.05, 4.69) is 50.8 Å². The molecule has 1 amide bonds. The Morgan fingerprint density at radius 2 is 1.79 bits per heavy atom. The SMILES string of the molecule is CC[C@]1(F)CN(C(=O)c2cc3nc(C4CCC(C)(C)CC4)cc(N(C)c4c(C)cccc4C)n3n2)CC[C@H]1CC(=O)O. The van der Waals surface area contributed by atoms with Crippen molar-refractivity contribution in [2.75, 3.05) is 25.0 Å². The third kappa shape index (κ3) is 5.75. The van der Waals surface area contributed by atoms with E-state index >= 15 is 4.39 Å². The number of amides is 1. The highest BCUT2D eigenvalue weighted by Gasteiger charge is 2.45. The Morgan fingerprint density at radius 1 is 1.12 bits per heavy atom. The van der Waals surface area contributed by atoms with E-state index in [-0.39, 0.29) is 31.0 Å². The number of aromatic nitrogens is 3. The van der Waals surface area contributed by atoms with Gasteiger partial charge in [0.1, 0.15) is 11.5 Å². The molecule has 2 atom stereocenters. The number of aliphatic carboxylic acids is 1. The highest BCUT2D eigenvalue weighted by Crippen LogP contribution is 2.43. The molecule has 5 rings (SSSR count). The van der Waals surface area contributed by atoms with Gasteiger partial charge in [-0.2, -0.15) is 9.61 Å². The van der Waals surface area contributed by atoms with Gasteiger partial charge in [0, 0.05) is 48.9 Å². The lowest BCUT2D eigenvalue weighted by atomic mass is 9.72. The molecule has 8 nitrogen and oxygen atoms in total. The van der Waals surface area contributed by atoms with E-state index in [9.17, 15) is 14.7 Å². The van der Waals surface area contributed by atoms with Crippen LogP contribution >= 0.6 is 0 Å². The van der Waals surface area contributed by atoms with E-state index in [1.807, 2.05) is 13.1 Å². The van der Waals surface area contributed by atoms with Crippen LogP contribution in [-0.2, 0) is 4.79 Å². The quantitative estimate of drug-likeness (QED) is 0.330. The number of carboxylic acids is 1. The van der Waals surface area contributed by atoms with Gasteiger partial charge in [-0.1, -0.05) is 39.0 Å². The number of hydrogen-bond donors (Lipinski definition) is 1. The zero-order chi connectivity index (χ0) is 30.4. The molecule has 42 heavy (non-hydrogen) atoms. The Balaban J connectivity index is 1.53. The molecule has 2 aliphatic rings. The van der Waals surface area contributed by atoms with Gasteiger partial charge in [-0.25, -0.2) is 9.37 Å². The van der Waals surface area contributed by atoms with Crippen molar-refractivity contribution in [2.24, 2.45) is 11.3 Å². The normalized spacial score (nSPS) is 22.8. The van der Waals surface area contributed by atoms with Crippen LogP contribution in [0.1, 0.15) is 98.9 Å². The predicted molar refractivity (Wildman–Crippen MR) is 162 cm³/mol. The van der Waals surface area contributed by atoms with Crippen LogP contribution in [0.25, 0.3) is 5.65 Å². The number of carbonyl (C=O) groups excluding carboxylic acids is 1. The summed E-state index contributed by atoms with van der Waals surface area (Å²) in [5, 5.41) is 14.0. The minimum atomic E-state index is -1.75. The topological polar surface area (TPSA) is 91.0 Å².